The summed E-state index contributed by atoms with van der Waals surface area (Å²) in [5, 5.41) is 5.96. The fourth-order valence-electron chi connectivity index (χ4n) is 3.82. The lowest BCUT2D eigenvalue weighted by Gasteiger charge is -2.24. The molecule has 2 aromatic carbocycles. The number of benzene rings is 2. The second kappa shape index (κ2) is 14.4. The summed E-state index contributed by atoms with van der Waals surface area (Å²) in [5.41, 5.74) is 1.21. The molecule has 8 heteroatoms. The van der Waals surface area contributed by atoms with Crippen LogP contribution < -0.4 is 24.8 Å². The lowest BCUT2D eigenvalue weighted by atomic mass is 9.95. The molecule has 0 aliphatic heterocycles. The number of carbonyl (C=O) groups excluding carboxylic acids is 2. The minimum absolute atomic E-state index is 0.0585. The summed E-state index contributed by atoms with van der Waals surface area (Å²) in [5.74, 6) is 1.80. The Morgan fingerprint density at radius 3 is 2.22 bits per heavy atom. The van der Waals surface area contributed by atoms with Crippen molar-refractivity contribution in [2.24, 2.45) is 5.92 Å². The van der Waals surface area contributed by atoms with E-state index in [0.717, 1.165) is 29.7 Å². The Morgan fingerprint density at radius 1 is 0.946 bits per heavy atom. The second-order valence-corrected chi connectivity index (χ2v) is 9.88. The molecular weight excluding hydrogens is 472 g/mol. The van der Waals surface area contributed by atoms with Crippen LogP contribution in [0.15, 0.2) is 42.5 Å². The number of amides is 2. The highest BCUT2D eigenvalue weighted by molar-refractivity contribution is 5.79. The zero-order valence-electron chi connectivity index (χ0n) is 23.2. The van der Waals surface area contributed by atoms with E-state index in [-0.39, 0.29) is 11.8 Å². The van der Waals surface area contributed by atoms with E-state index in [4.69, 9.17) is 18.9 Å². The zero-order chi connectivity index (χ0) is 27.4. The standard InChI is InChI=1S/C29H42N2O6/c1-8-36-22-14-12-21(13-15-22)26(24-17-16-23(34-6)19-25(24)35-7)31-27(32)20(2)11-9-10-18-30-28(33)37-29(3,4)5/h12-17,19-20,26H,8-11,18H2,1-7H3,(H,30,33)(H,31,32). The highest BCUT2D eigenvalue weighted by atomic mass is 16.6. The molecule has 0 saturated heterocycles. The molecule has 0 saturated carbocycles. The van der Waals surface area contributed by atoms with E-state index in [1.54, 1.807) is 14.2 Å². The van der Waals surface area contributed by atoms with Gasteiger partial charge in [-0.3, -0.25) is 4.79 Å². The highest BCUT2D eigenvalue weighted by Gasteiger charge is 2.24. The maximum atomic E-state index is 13.2. The molecule has 2 unspecified atom stereocenters. The SMILES string of the molecule is CCOc1ccc(C(NC(=O)C(C)CCCCNC(=O)OC(C)(C)C)c2ccc(OC)cc2OC)cc1. The predicted octanol–water partition coefficient (Wildman–Crippen LogP) is 5.64. The van der Waals surface area contributed by atoms with Gasteiger partial charge in [0.15, 0.2) is 0 Å². The average Bonchev–Trinajstić information content (AvgIpc) is 2.86. The van der Waals surface area contributed by atoms with Crippen molar-refractivity contribution < 1.29 is 28.5 Å². The molecule has 37 heavy (non-hydrogen) atoms. The van der Waals surface area contributed by atoms with Gasteiger partial charge in [0.1, 0.15) is 22.8 Å². The summed E-state index contributed by atoms with van der Waals surface area (Å²) in [6.07, 6.45) is 1.82. The van der Waals surface area contributed by atoms with Crippen molar-refractivity contribution in [3.63, 3.8) is 0 Å². The average molecular weight is 515 g/mol. The van der Waals surface area contributed by atoms with Gasteiger partial charge in [-0.15, -0.1) is 0 Å². The van der Waals surface area contributed by atoms with Gasteiger partial charge in [0.05, 0.1) is 26.9 Å². The summed E-state index contributed by atoms with van der Waals surface area (Å²) in [6.45, 7) is 10.4. The smallest absolute Gasteiger partial charge is 0.407 e. The molecule has 2 N–H and O–H groups in total. The number of alkyl carbamates (subject to hydrolysis) is 1. The molecule has 0 aliphatic rings. The number of unbranched alkanes of at least 4 members (excludes halogenated alkanes) is 1. The van der Waals surface area contributed by atoms with Crippen LogP contribution in [-0.2, 0) is 9.53 Å². The Bertz CT molecular complexity index is 1000. The summed E-state index contributed by atoms with van der Waals surface area (Å²) in [4.78, 5) is 25.0. The normalized spacial score (nSPS) is 12.7. The van der Waals surface area contributed by atoms with Gasteiger partial charge >= 0.3 is 6.09 Å². The van der Waals surface area contributed by atoms with Gasteiger partial charge in [0.25, 0.3) is 0 Å². The lowest BCUT2D eigenvalue weighted by Crippen LogP contribution is -2.34. The fraction of sp³-hybridized carbons (Fsp3) is 0.517. The molecular formula is C29H42N2O6. The number of nitrogens with one attached hydrogen (secondary N) is 2. The van der Waals surface area contributed by atoms with Crippen molar-refractivity contribution in [2.45, 2.75) is 65.5 Å². The predicted molar refractivity (Wildman–Crippen MR) is 144 cm³/mol. The summed E-state index contributed by atoms with van der Waals surface area (Å²) < 4.78 is 21.8. The Hall–Kier alpha value is -3.42. The monoisotopic (exact) mass is 514 g/mol. The van der Waals surface area contributed by atoms with Gasteiger partial charge in [-0.25, -0.2) is 4.79 Å². The van der Waals surface area contributed by atoms with Crippen LogP contribution in [0.25, 0.3) is 0 Å². The van der Waals surface area contributed by atoms with Crippen LogP contribution in [0.4, 0.5) is 4.79 Å². The molecule has 2 atom stereocenters. The molecule has 0 aromatic heterocycles. The van der Waals surface area contributed by atoms with Gasteiger partial charge < -0.3 is 29.6 Å². The number of methoxy groups -OCH3 is 2. The van der Waals surface area contributed by atoms with E-state index in [0.29, 0.717) is 31.1 Å². The molecule has 8 nitrogen and oxygen atoms in total. The molecule has 0 radical (unpaired) electrons. The minimum Gasteiger partial charge on any atom is -0.497 e. The van der Waals surface area contributed by atoms with Crippen molar-refractivity contribution >= 4 is 12.0 Å². The van der Waals surface area contributed by atoms with Gasteiger partial charge in [-0.2, -0.15) is 0 Å². The van der Waals surface area contributed by atoms with Crippen LogP contribution in [0.3, 0.4) is 0 Å². The fourth-order valence-corrected chi connectivity index (χ4v) is 3.82. The maximum absolute atomic E-state index is 13.2. The molecule has 0 spiro atoms. The summed E-state index contributed by atoms with van der Waals surface area (Å²) in [7, 11) is 3.20. The highest BCUT2D eigenvalue weighted by Crippen LogP contribution is 2.34. The molecule has 2 aromatic rings. The van der Waals surface area contributed by atoms with E-state index in [1.165, 1.54) is 0 Å². The minimum atomic E-state index is -0.525. The van der Waals surface area contributed by atoms with E-state index in [9.17, 15) is 9.59 Å². The van der Waals surface area contributed by atoms with E-state index in [1.807, 2.05) is 77.1 Å². The Labute approximate surface area is 221 Å². The largest absolute Gasteiger partial charge is 0.497 e. The number of ether oxygens (including phenoxy) is 4. The Morgan fingerprint density at radius 2 is 1.62 bits per heavy atom. The van der Waals surface area contributed by atoms with Gasteiger partial charge in [0, 0.05) is 24.1 Å². The number of hydrogen-bond acceptors (Lipinski definition) is 6. The van der Waals surface area contributed by atoms with E-state index < -0.39 is 17.7 Å². The lowest BCUT2D eigenvalue weighted by molar-refractivity contribution is -0.125. The quantitative estimate of drug-likeness (QED) is 0.336. The van der Waals surface area contributed by atoms with Crippen LogP contribution in [0.5, 0.6) is 17.2 Å². The molecule has 0 bridgehead atoms. The van der Waals surface area contributed by atoms with Gasteiger partial charge in [0.2, 0.25) is 5.91 Å². The Kier molecular flexibility index (Phi) is 11.6. The first-order valence-corrected chi connectivity index (χ1v) is 12.8. The third kappa shape index (κ3) is 9.86. The van der Waals surface area contributed by atoms with Crippen molar-refractivity contribution in [3.8, 4) is 17.2 Å². The molecule has 0 fully saturated rings. The van der Waals surface area contributed by atoms with Crippen molar-refractivity contribution in [3.05, 3.63) is 53.6 Å². The second-order valence-electron chi connectivity index (χ2n) is 9.88. The van der Waals surface area contributed by atoms with Crippen LogP contribution >= 0.6 is 0 Å². The van der Waals surface area contributed by atoms with Crippen LogP contribution in [0, 0.1) is 5.92 Å². The van der Waals surface area contributed by atoms with E-state index in [2.05, 4.69) is 10.6 Å². The number of hydrogen-bond donors (Lipinski definition) is 2. The van der Waals surface area contributed by atoms with Crippen molar-refractivity contribution in [2.75, 3.05) is 27.4 Å². The van der Waals surface area contributed by atoms with Crippen molar-refractivity contribution in [1.29, 1.82) is 0 Å². The number of rotatable bonds is 13. The molecule has 2 rings (SSSR count). The van der Waals surface area contributed by atoms with Gasteiger partial charge in [-0.05, 0) is 70.4 Å². The number of carbonyl (C=O) groups is 2. The van der Waals surface area contributed by atoms with Crippen LogP contribution in [0.1, 0.15) is 71.0 Å². The summed E-state index contributed by atoms with van der Waals surface area (Å²) in [6, 6.07) is 12.9. The third-order valence-electron chi connectivity index (χ3n) is 5.74. The maximum Gasteiger partial charge on any atom is 0.407 e. The van der Waals surface area contributed by atoms with Crippen molar-refractivity contribution in [1.82, 2.24) is 10.6 Å². The molecule has 204 valence electrons. The molecule has 2 amide bonds. The molecule has 0 aliphatic carbocycles. The van der Waals surface area contributed by atoms with Crippen LogP contribution in [-0.4, -0.2) is 45.0 Å². The Balaban J connectivity index is 2.07. The van der Waals surface area contributed by atoms with Gasteiger partial charge in [-0.1, -0.05) is 25.5 Å². The third-order valence-corrected chi connectivity index (χ3v) is 5.74. The first-order valence-electron chi connectivity index (χ1n) is 12.8. The molecule has 0 heterocycles. The first-order chi connectivity index (χ1) is 17.6. The van der Waals surface area contributed by atoms with E-state index >= 15 is 0 Å². The first kappa shape index (κ1) is 29.8. The van der Waals surface area contributed by atoms with Crippen LogP contribution in [0.2, 0.25) is 0 Å². The summed E-state index contributed by atoms with van der Waals surface area (Å²) >= 11 is 0. The zero-order valence-corrected chi connectivity index (χ0v) is 23.2. The topological polar surface area (TPSA) is 95.1 Å².